The van der Waals surface area contributed by atoms with Gasteiger partial charge >= 0.3 is 0 Å². The van der Waals surface area contributed by atoms with Crippen LogP contribution in [0.2, 0.25) is 0 Å². The zero-order chi connectivity index (χ0) is 10.8. The van der Waals surface area contributed by atoms with Gasteiger partial charge in [-0.15, -0.1) is 0 Å². The number of imidazole rings is 1. The molecule has 1 N–H and O–H groups in total. The van der Waals surface area contributed by atoms with E-state index < -0.39 is 10.0 Å². The summed E-state index contributed by atoms with van der Waals surface area (Å²) in [7, 11) is -1.77. The molecule has 0 saturated carbocycles. The van der Waals surface area contributed by atoms with E-state index in [0.717, 1.165) is 0 Å². The molecule has 5 nitrogen and oxygen atoms in total. The van der Waals surface area contributed by atoms with E-state index in [1.807, 2.05) is 0 Å². The van der Waals surface area contributed by atoms with Crippen LogP contribution in [0.25, 0.3) is 0 Å². The van der Waals surface area contributed by atoms with Crippen LogP contribution in [0.4, 0.5) is 0 Å². The minimum atomic E-state index is -3.48. The summed E-state index contributed by atoms with van der Waals surface area (Å²) >= 11 is 3.99. The molecule has 0 aromatic carbocycles. The third-order valence-corrected chi connectivity index (χ3v) is 3.61. The quantitative estimate of drug-likeness (QED) is 0.723. The van der Waals surface area contributed by atoms with Gasteiger partial charge in [0.1, 0.15) is 0 Å². The lowest BCUT2D eigenvalue weighted by Gasteiger charge is -2.09. The minimum absolute atomic E-state index is 0.0358. The van der Waals surface area contributed by atoms with Crippen molar-refractivity contribution in [2.24, 2.45) is 7.05 Å². The molecule has 0 saturated heterocycles. The Kier molecular flexibility index (Phi) is 3.57. The monoisotopic (exact) mass is 235 g/mol. The maximum Gasteiger partial charge on any atom is 0.259 e. The van der Waals surface area contributed by atoms with Crippen molar-refractivity contribution in [2.75, 3.05) is 5.75 Å². The second-order valence-electron chi connectivity index (χ2n) is 3.08. The van der Waals surface area contributed by atoms with Crippen molar-refractivity contribution in [2.45, 2.75) is 18.0 Å². The predicted octanol–water partition coefficient (Wildman–Crippen LogP) is 0.0167. The summed E-state index contributed by atoms with van der Waals surface area (Å²) in [4.78, 5) is 3.76. The first-order valence-corrected chi connectivity index (χ1v) is 6.18. The second kappa shape index (κ2) is 4.33. The molecule has 0 spiro atoms. The average molecular weight is 235 g/mol. The molecule has 0 aliphatic carbocycles. The first-order valence-electron chi connectivity index (χ1n) is 4.07. The molecule has 0 aliphatic rings. The number of sulfonamides is 1. The summed E-state index contributed by atoms with van der Waals surface area (Å²) in [6.45, 7) is 1.74. The molecule has 1 unspecified atom stereocenters. The van der Waals surface area contributed by atoms with Crippen molar-refractivity contribution in [3.8, 4) is 0 Å². The van der Waals surface area contributed by atoms with E-state index in [1.54, 1.807) is 18.5 Å². The lowest BCUT2D eigenvalue weighted by atomic mass is 10.4. The number of aryl methyl sites for hydroxylation is 1. The summed E-state index contributed by atoms with van der Waals surface area (Å²) in [6, 6.07) is -0.203. The van der Waals surface area contributed by atoms with E-state index in [1.165, 1.54) is 12.5 Å². The Balaban J connectivity index is 2.86. The SMILES string of the molecule is CC(CS)NS(=O)(=O)c1cn(C)cn1. The van der Waals surface area contributed by atoms with Crippen molar-refractivity contribution in [3.63, 3.8) is 0 Å². The van der Waals surface area contributed by atoms with Gasteiger partial charge in [0.15, 0.2) is 5.03 Å². The number of nitrogens with zero attached hydrogens (tertiary/aromatic N) is 2. The number of hydrogen-bond acceptors (Lipinski definition) is 4. The fourth-order valence-corrected chi connectivity index (χ4v) is 2.33. The third kappa shape index (κ3) is 2.73. The fraction of sp³-hybridized carbons (Fsp3) is 0.571. The van der Waals surface area contributed by atoms with Crippen LogP contribution >= 0.6 is 12.6 Å². The van der Waals surface area contributed by atoms with Gasteiger partial charge in [0.2, 0.25) is 0 Å². The molecule has 0 bridgehead atoms. The molecule has 1 heterocycles. The van der Waals surface area contributed by atoms with Gasteiger partial charge < -0.3 is 4.57 Å². The molecule has 7 heteroatoms. The van der Waals surface area contributed by atoms with Gasteiger partial charge in [-0.05, 0) is 6.92 Å². The molecule has 0 amide bonds. The van der Waals surface area contributed by atoms with Crippen LogP contribution in [0.5, 0.6) is 0 Å². The van der Waals surface area contributed by atoms with Gasteiger partial charge in [-0.1, -0.05) is 0 Å². The zero-order valence-corrected chi connectivity index (χ0v) is 9.72. The molecule has 14 heavy (non-hydrogen) atoms. The predicted molar refractivity (Wildman–Crippen MR) is 56.8 cm³/mol. The fourth-order valence-electron chi connectivity index (χ4n) is 0.890. The molecule has 0 aliphatic heterocycles. The van der Waals surface area contributed by atoms with E-state index in [-0.39, 0.29) is 11.1 Å². The highest BCUT2D eigenvalue weighted by molar-refractivity contribution is 7.89. The molecule has 0 radical (unpaired) electrons. The van der Waals surface area contributed by atoms with Crippen LogP contribution in [0.15, 0.2) is 17.6 Å². The summed E-state index contributed by atoms with van der Waals surface area (Å²) in [5, 5.41) is 0.0358. The van der Waals surface area contributed by atoms with E-state index in [9.17, 15) is 8.42 Å². The molecule has 1 atom stereocenters. The van der Waals surface area contributed by atoms with Crippen molar-refractivity contribution in [3.05, 3.63) is 12.5 Å². The summed E-state index contributed by atoms with van der Waals surface area (Å²) < 4.78 is 27.2. The van der Waals surface area contributed by atoms with Crippen molar-refractivity contribution < 1.29 is 8.42 Å². The Bertz CT molecular complexity index is 399. The van der Waals surface area contributed by atoms with Crippen molar-refractivity contribution >= 4 is 22.7 Å². The molecule has 80 valence electrons. The summed E-state index contributed by atoms with van der Waals surface area (Å²) in [5.41, 5.74) is 0. The Morgan fingerprint density at radius 2 is 2.36 bits per heavy atom. The Hall–Kier alpha value is -0.530. The lowest BCUT2D eigenvalue weighted by molar-refractivity contribution is 0.568. The van der Waals surface area contributed by atoms with E-state index >= 15 is 0 Å². The Labute approximate surface area is 89.0 Å². The van der Waals surface area contributed by atoms with Gasteiger partial charge in [0.05, 0.1) is 6.33 Å². The van der Waals surface area contributed by atoms with Crippen molar-refractivity contribution in [1.82, 2.24) is 14.3 Å². The number of thiol groups is 1. The summed E-state index contributed by atoms with van der Waals surface area (Å²) in [6.07, 6.45) is 2.90. The number of hydrogen-bond donors (Lipinski definition) is 2. The first-order chi connectivity index (χ1) is 6.45. The molecule has 0 fully saturated rings. The zero-order valence-electron chi connectivity index (χ0n) is 8.01. The number of rotatable bonds is 4. The van der Waals surface area contributed by atoms with Gasteiger partial charge in [0, 0.05) is 25.0 Å². The highest BCUT2D eigenvalue weighted by Crippen LogP contribution is 2.05. The largest absolute Gasteiger partial charge is 0.339 e. The molecular formula is C7H13N3O2S2. The number of nitrogens with one attached hydrogen (secondary N) is 1. The smallest absolute Gasteiger partial charge is 0.259 e. The Morgan fingerprint density at radius 3 is 2.79 bits per heavy atom. The highest BCUT2D eigenvalue weighted by atomic mass is 32.2. The minimum Gasteiger partial charge on any atom is -0.339 e. The molecular weight excluding hydrogens is 222 g/mol. The van der Waals surface area contributed by atoms with E-state index in [0.29, 0.717) is 5.75 Å². The van der Waals surface area contributed by atoms with Crippen LogP contribution in [0.3, 0.4) is 0 Å². The second-order valence-corrected chi connectivity index (χ2v) is 5.11. The first kappa shape index (κ1) is 11.5. The maximum absolute atomic E-state index is 11.6. The highest BCUT2D eigenvalue weighted by Gasteiger charge is 2.18. The summed E-state index contributed by atoms with van der Waals surface area (Å²) in [5.74, 6) is 0.450. The average Bonchev–Trinajstić information content (AvgIpc) is 2.51. The third-order valence-electron chi connectivity index (χ3n) is 1.59. The molecule has 1 aromatic heterocycles. The van der Waals surface area contributed by atoms with Crippen LogP contribution < -0.4 is 4.72 Å². The van der Waals surface area contributed by atoms with Gasteiger partial charge in [-0.25, -0.2) is 18.1 Å². The normalized spacial score (nSPS) is 14.2. The standard InChI is InChI=1S/C7H13N3O2S2/c1-6(4-13)9-14(11,12)7-3-10(2)5-8-7/h3,5-6,9,13H,4H2,1-2H3. The van der Waals surface area contributed by atoms with Gasteiger partial charge in [0.25, 0.3) is 10.0 Å². The van der Waals surface area contributed by atoms with Crippen LogP contribution in [0.1, 0.15) is 6.92 Å². The van der Waals surface area contributed by atoms with Crippen LogP contribution in [-0.2, 0) is 17.1 Å². The van der Waals surface area contributed by atoms with Crippen molar-refractivity contribution in [1.29, 1.82) is 0 Å². The topological polar surface area (TPSA) is 64.0 Å². The van der Waals surface area contributed by atoms with Gasteiger partial charge in [-0.2, -0.15) is 12.6 Å². The molecule has 1 aromatic rings. The van der Waals surface area contributed by atoms with Crippen LogP contribution in [0, 0.1) is 0 Å². The lowest BCUT2D eigenvalue weighted by Crippen LogP contribution is -2.33. The Morgan fingerprint density at radius 1 is 1.71 bits per heavy atom. The van der Waals surface area contributed by atoms with E-state index in [4.69, 9.17) is 0 Å². The molecule has 1 rings (SSSR count). The maximum atomic E-state index is 11.6. The number of aromatic nitrogens is 2. The van der Waals surface area contributed by atoms with Gasteiger partial charge in [-0.3, -0.25) is 0 Å². The van der Waals surface area contributed by atoms with E-state index in [2.05, 4.69) is 22.3 Å². The van der Waals surface area contributed by atoms with Crippen LogP contribution in [-0.4, -0.2) is 29.8 Å².